The highest BCUT2D eigenvalue weighted by Gasteiger charge is 2.30. The minimum absolute atomic E-state index is 0.304. The Balaban J connectivity index is 1.78. The first-order valence-corrected chi connectivity index (χ1v) is 6.41. The van der Waals surface area contributed by atoms with Gasteiger partial charge in [-0.25, -0.2) is 4.79 Å². The molecule has 1 aliphatic heterocycles. The molecule has 2 rings (SSSR count). The summed E-state index contributed by atoms with van der Waals surface area (Å²) in [5.74, 6) is -0.0325. The van der Waals surface area contributed by atoms with E-state index >= 15 is 0 Å². The zero-order valence-corrected chi connectivity index (χ0v) is 11.1. The van der Waals surface area contributed by atoms with Gasteiger partial charge in [0.15, 0.2) is 0 Å². The van der Waals surface area contributed by atoms with Crippen LogP contribution in [0.3, 0.4) is 0 Å². The van der Waals surface area contributed by atoms with Crippen molar-refractivity contribution in [2.45, 2.75) is 12.8 Å². The predicted molar refractivity (Wildman–Crippen MR) is 69.1 cm³/mol. The zero-order chi connectivity index (χ0) is 15.3. The molecule has 0 bridgehead atoms. The van der Waals surface area contributed by atoms with E-state index in [4.69, 9.17) is 4.74 Å². The Morgan fingerprint density at radius 3 is 2.62 bits per heavy atom. The molecule has 0 aromatic heterocycles. The summed E-state index contributed by atoms with van der Waals surface area (Å²) in [7, 11) is 0. The molecule has 1 aliphatic rings. The topological polar surface area (TPSA) is 59.6 Å². The Kier molecular flexibility index (Phi) is 4.89. The fraction of sp³-hybridized carbons (Fsp3) is 0.462. The number of anilines is 1. The Morgan fingerprint density at radius 2 is 2.05 bits per heavy atom. The van der Waals surface area contributed by atoms with Crippen LogP contribution in [0.25, 0.3) is 0 Å². The summed E-state index contributed by atoms with van der Waals surface area (Å²) in [6.45, 7) is 1.83. The summed E-state index contributed by atoms with van der Waals surface area (Å²) in [4.78, 5) is 11.6. The fourth-order valence-corrected chi connectivity index (χ4v) is 1.90. The normalized spacial score (nSPS) is 18.3. The van der Waals surface area contributed by atoms with Gasteiger partial charge in [0.2, 0.25) is 0 Å². The van der Waals surface area contributed by atoms with Crippen molar-refractivity contribution in [3.63, 3.8) is 0 Å². The summed E-state index contributed by atoms with van der Waals surface area (Å²) >= 11 is 0. The molecular weight excluding hydrogens is 289 g/mol. The number of nitrogens with one attached hydrogen (secondary N) is 2. The number of urea groups is 1. The van der Waals surface area contributed by atoms with E-state index in [-0.39, 0.29) is 5.75 Å². The van der Waals surface area contributed by atoms with Gasteiger partial charge in [-0.05, 0) is 30.7 Å². The van der Waals surface area contributed by atoms with Crippen LogP contribution in [-0.2, 0) is 4.74 Å². The van der Waals surface area contributed by atoms with Crippen LogP contribution in [0.2, 0.25) is 0 Å². The third kappa shape index (κ3) is 5.50. The van der Waals surface area contributed by atoms with Crippen molar-refractivity contribution in [2.75, 3.05) is 25.1 Å². The maximum absolute atomic E-state index is 12.0. The highest BCUT2D eigenvalue weighted by molar-refractivity contribution is 5.89. The molecule has 5 nitrogen and oxygen atoms in total. The summed E-state index contributed by atoms with van der Waals surface area (Å²) < 4.78 is 44.9. The van der Waals surface area contributed by atoms with Crippen molar-refractivity contribution in [3.05, 3.63) is 24.3 Å². The first-order chi connectivity index (χ1) is 9.92. The SMILES string of the molecule is O=C(NCC1CCOC1)Nc1ccc(OC(F)(F)F)cc1. The molecule has 0 spiro atoms. The van der Waals surface area contributed by atoms with E-state index in [0.29, 0.717) is 31.4 Å². The van der Waals surface area contributed by atoms with Gasteiger partial charge in [0.05, 0.1) is 6.61 Å². The number of benzene rings is 1. The fourth-order valence-electron chi connectivity index (χ4n) is 1.90. The number of hydrogen-bond donors (Lipinski definition) is 2. The number of rotatable bonds is 4. The maximum Gasteiger partial charge on any atom is 0.573 e. The average molecular weight is 304 g/mol. The zero-order valence-electron chi connectivity index (χ0n) is 11.1. The van der Waals surface area contributed by atoms with Gasteiger partial charge in [0.1, 0.15) is 5.75 Å². The lowest BCUT2D eigenvalue weighted by molar-refractivity contribution is -0.274. The summed E-state index contributed by atoms with van der Waals surface area (Å²) in [6.07, 6.45) is -3.82. The number of alkyl halides is 3. The van der Waals surface area contributed by atoms with E-state index in [0.717, 1.165) is 18.6 Å². The standard InChI is InChI=1S/C13H15F3N2O3/c14-13(15,16)21-11-3-1-10(2-4-11)18-12(19)17-7-9-5-6-20-8-9/h1-4,9H,5-8H2,(H2,17,18,19). The van der Waals surface area contributed by atoms with Gasteiger partial charge in [-0.15, -0.1) is 13.2 Å². The number of halogens is 3. The van der Waals surface area contributed by atoms with Crippen molar-refractivity contribution in [3.8, 4) is 5.75 Å². The Labute approximate surface area is 119 Å². The molecule has 0 saturated carbocycles. The molecule has 0 aliphatic carbocycles. The van der Waals surface area contributed by atoms with Crippen molar-refractivity contribution >= 4 is 11.7 Å². The van der Waals surface area contributed by atoms with Crippen LogP contribution >= 0.6 is 0 Å². The predicted octanol–water partition coefficient (Wildman–Crippen LogP) is 2.74. The molecule has 116 valence electrons. The van der Waals surface area contributed by atoms with Crippen molar-refractivity contribution in [1.82, 2.24) is 5.32 Å². The van der Waals surface area contributed by atoms with Gasteiger partial charge in [-0.1, -0.05) is 0 Å². The van der Waals surface area contributed by atoms with Gasteiger partial charge in [0, 0.05) is 24.8 Å². The number of hydrogen-bond acceptors (Lipinski definition) is 3. The van der Waals surface area contributed by atoms with Gasteiger partial charge < -0.3 is 20.1 Å². The molecule has 1 atom stereocenters. The molecule has 1 heterocycles. The van der Waals surface area contributed by atoms with E-state index in [1.54, 1.807) is 0 Å². The van der Waals surface area contributed by atoms with E-state index in [1.165, 1.54) is 12.1 Å². The van der Waals surface area contributed by atoms with Gasteiger partial charge in [-0.2, -0.15) is 0 Å². The van der Waals surface area contributed by atoms with E-state index in [9.17, 15) is 18.0 Å². The minimum atomic E-state index is -4.73. The van der Waals surface area contributed by atoms with Crippen LogP contribution in [0.5, 0.6) is 5.75 Å². The third-order valence-corrected chi connectivity index (χ3v) is 2.92. The van der Waals surface area contributed by atoms with Crippen LogP contribution < -0.4 is 15.4 Å². The maximum atomic E-state index is 12.0. The van der Waals surface area contributed by atoms with Gasteiger partial charge in [0.25, 0.3) is 0 Å². The molecule has 1 saturated heterocycles. The smallest absolute Gasteiger partial charge is 0.406 e. The number of amides is 2. The van der Waals surface area contributed by atoms with Gasteiger partial charge >= 0.3 is 12.4 Å². The molecule has 21 heavy (non-hydrogen) atoms. The van der Waals surface area contributed by atoms with Gasteiger partial charge in [-0.3, -0.25) is 0 Å². The Morgan fingerprint density at radius 1 is 1.33 bits per heavy atom. The second kappa shape index (κ2) is 6.66. The first-order valence-electron chi connectivity index (χ1n) is 6.41. The second-order valence-electron chi connectivity index (χ2n) is 4.64. The molecular formula is C13H15F3N2O3. The molecule has 1 aromatic rings. The lowest BCUT2D eigenvalue weighted by atomic mass is 10.1. The van der Waals surface area contributed by atoms with Crippen LogP contribution in [0.1, 0.15) is 6.42 Å². The van der Waals surface area contributed by atoms with Crippen molar-refractivity contribution < 1.29 is 27.4 Å². The minimum Gasteiger partial charge on any atom is -0.406 e. The molecule has 1 fully saturated rings. The van der Waals surface area contributed by atoms with Crippen LogP contribution in [-0.4, -0.2) is 32.2 Å². The molecule has 1 aromatic carbocycles. The summed E-state index contributed by atoms with van der Waals surface area (Å²) in [5.41, 5.74) is 0.379. The van der Waals surface area contributed by atoms with Crippen LogP contribution in [0, 0.1) is 5.92 Å². The molecule has 1 unspecified atom stereocenters. The van der Waals surface area contributed by atoms with Crippen molar-refractivity contribution in [2.24, 2.45) is 5.92 Å². The monoisotopic (exact) mass is 304 g/mol. The molecule has 2 amide bonds. The quantitative estimate of drug-likeness (QED) is 0.899. The number of carbonyl (C=O) groups excluding carboxylic acids is 1. The van der Waals surface area contributed by atoms with Crippen molar-refractivity contribution in [1.29, 1.82) is 0 Å². The molecule has 2 N–H and O–H groups in total. The Hall–Kier alpha value is -1.96. The third-order valence-electron chi connectivity index (χ3n) is 2.92. The molecule has 8 heteroatoms. The van der Waals surface area contributed by atoms with Crippen LogP contribution in [0.4, 0.5) is 23.7 Å². The summed E-state index contributed by atoms with van der Waals surface area (Å²) in [6, 6.07) is 4.52. The Bertz CT molecular complexity index is 471. The lowest BCUT2D eigenvalue weighted by Crippen LogP contribution is -2.33. The number of ether oxygens (including phenoxy) is 2. The molecule has 0 radical (unpaired) electrons. The lowest BCUT2D eigenvalue weighted by Gasteiger charge is -2.12. The first kappa shape index (κ1) is 15.4. The number of carbonyl (C=O) groups is 1. The highest BCUT2D eigenvalue weighted by atomic mass is 19.4. The largest absolute Gasteiger partial charge is 0.573 e. The van der Waals surface area contributed by atoms with E-state index in [1.807, 2.05) is 0 Å². The average Bonchev–Trinajstić information content (AvgIpc) is 2.90. The summed E-state index contributed by atoms with van der Waals surface area (Å²) in [5, 5.41) is 5.21. The van der Waals surface area contributed by atoms with E-state index < -0.39 is 12.4 Å². The van der Waals surface area contributed by atoms with E-state index in [2.05, 4.69) is 15.4 Å². The van der Waals surface area contributed by atoms with Crippen LogP contribution in [0.15, 0.2) is 24.3 Å². The highest BCUT2D eigenvalue weighted by Crippen LogP contribution is 2.23. The second-order valence-corrected chi connectivity index (χ2v) is 4.64.